The van der Waals surface area contributed by atoms with Gasteiger partial charge in [-0.3, -0.25) is 0 Å². The second kappa shape index (κ2) is 3.32. The molecule has 3 atom stereocenters. The van der Waals surface area contributed by atoms with Gasteiger partial charge in [-0.25, -0.2) is 0 Å². The van der Waals surface area contributed by atoms with E-state index in [4.69, 9.17) is 9.84 Å². The van der Waals surface area contributed by atoms with E-state index in [1.807, 2.05) is 6.92 Å². The van der Waals surface area contributed by atoms with Crippen molar-refractivity contribution in [3.05, 3.63) is 0 Å². The molecular weight excluding hydrogens is 132 g/mol. The third-order valence-electron chi connectivity index (χ3n) is 2.01. The van der Waals surface area contributed by atoms with E-state index in [1.54, 1.807) is 0 Å². The maximum Gasteiger partial charge on any atom is 0.0659 e. The molecule has 1 rings (SSSR count). The van der Waals surface area contributed by atoms with E-state index in [0.29, 0.717) is 13.2 Å². The Labute approximate surface area is 60.6 Å². The lowest BCUT2D eigenvalue weighted by molar-refractivity contribution is -0.0879. The molecule has 1 heterocycles. The molecule has 1 fully saturated rings. The smallest absolute Gasteiger partial charge is 0.0659 e. The fraction of sp³-hybridized carbons (Fsp3) is 1.00. The van der Waals surface area contributed by atoms with Crippen molar-refractivity contribution >= 4 is 0 Å². The Hall–Kier alpha value is -0.120. The highest BCUT2D eigenvalue weighted by molar-refractivity contribution is 4.76. The van der Waals surface area contributed by atoms with Crippen molar-refractivity contribution in [3.8, 4) is 0 Å². The zero-order valence-electron chi connectivity index (χ0n) is 6.16. The lowest BCUT2D eigenvalue weighted by Crippen LogP contribution is -2.40. The summed E-state index contributed by atoms with van der Waals surface area (Å²) in [5, 5.41) is 18.1. The van der Waals surface area contributed by atoms with E-state index < -0.39 is 6.10 Å². The van der Waals surface area contributed by atoms with Crippen molar-refractivity contribution < 1.29 is 14.9 Å². The largest absolute Gasteiger partial charge is 0.396 e. The molecule has 0 spiro atoms. The van der Waals surface area contributed by atoms with Crippen LogP contribution in [0.5, 0.6) is 0 Å². The molecule has 3 nitrogen and oxygen atoms in total. The minimum atomic E-state index is -0.390. The first kappa shape index (κ1) is 7.98. The van der Waals surface area contributed by atoms with Gasteiger partial charge >= 0.3 is 0 Å². The predicted molar refractivity (Wildman–Crippen MR) is 36.6 cm³/mol. The highest BCUT2D eigenvalue weighted by atomic mass is 16.5. The van der Waals surface area contributed by atoms with Gasteiger partial charge in [0.15, 0.2) is 0 Å². The molecule has 0 aliphatic carbocycles. The van der Waals surface area contributed by atoms with Crippen LogP contribution in [0.1, 0.15) is 6.92 Å². The Morgan fingerprint density at radius 2 is 2.20 bits per heavy atom. The minimum Gasteiger partial charge on any atom is -0.396 e. The van der Waals surface area contributed by atoms with E-state index in [9.17, 15) is 5.11 Å². The van der Waals surface area contributed by atoms with Crippen LogP contribution in [0.25, 0.3) is 0 Å². The quantitative estimate of drug-likeness (QED) is 0.530. The van der Waals surface area contributed by atoms with Gasteiger partial charge in [-0.1, -0.05) is 6.92 Å². The van der Waals surface area contributed by atoms with Gasteiger partial charge in [0.1, 0.15) is 0 Å². The van der Waals surface area contributed by atoms with Gasteiger partial charge < -0.3 is 14.9 Å². The number of hydrogen-bond donors (Lipinski definition) is 2. The average molecular weight is 146 g/mol. The fourth-order valence-electron chi connectivity index (χ4n) is 1.23. The highest BCUT2D eigenvalue weighted by Gasteiger charge is 2.28. The molecule has 10 heavy (non-hydrogen) atoms. The number of hydrogen-bond acceptors (Lipinski definition) is 3. The number of aliphatic hydroxyl groups is 2. The summed E-state index contributed by atoms with van der Waals surface area (Å²) < 4.78 is 5.14. The standard InChI is InChI=1S/C7H14O3/c1-5-3-10-4-6(2-8)7(5)9/h5-9H,2-4H2,1H3. The van der Waals surface area contributed by atoms with Crippen molar-refractivity contribution in [2.24, 2.45) is 11.8 Å². The van der Waals surface area contributed by atoms with Gasteiger partial charge in [0, 0.05) is 11.8 Å². The van der Waals surface area contributed by atoms with Crippen molar-refractivity contribution in [2.45, 2.75) is 13.0 Å². The van der Waals surface area contributed by atoms with Crippen LogP contribution in [0.2, 0.25) is 0 Å². The molecular formula is C7H14O3. The number of ether oxygens (including phenoxy) is 1. The SMILES string of the molecule is CC1COCC(CO)C1O. The van der Waals surface area contributed by atoms with Crippen LogP contribution in [0, 0.1) is 11.8 Å². The molecule has 0 aromatic carbocycles. The molecule has 0 radical (unpaired) electrons. The summed E-state index contributed by atoms with van der Waals surface area (Å²) in [4.78, 5) is 0. The van der Waals surface area contributed by atoms with Gasteiger partial charge in [-0.05, 0) is 0 Å². The molecule has 3 heteroatoms. The first-order valence-electron chi connectivity index (χ1n) is 3.62. The van der Waals surface area contributed by atoms with Crippen LogP contribution in [0.3, 0.4) is 0 Å². The van der Waals surface area contributed by atoms with Crippen LogP contribution < -0.4 is 0 Å². The van der Waals surface area contributed by atoms with Crippen molar-refractivity contribution in [3.63, 3.8) is 0 Å². The van der Waals surface area contributed by atoms with Crippen LogP contribution >= 0.6 is 0 Å². The predicted octanol–water partition coefficient (Wildman–Crippen LogP) is -0.378. The third kappa shape index (κ3) is 1.48. The molecule has 1 aliphatic heterocycles. The minimum absolute atomic E-state index is 0.0194. The molecule has 2 N–H and O–H groups in total. The van der Waals surface area contributed by atoms with Crippen LogP contribution in [0.15, 0.2) is 0 Å². The topological polar surface area (TPSA) is 49.7 Å². The molecule has 0 saturated carbocycles. The van der Waals surface area contributed by atoms with Crippen LogP contribution in [-0.2, 0) is 4.74 Å². The normalized spacial score (nSPS) is 41.7. The molecule has 0 amide bonds. The van der Waals surface area contributed by atoms with Crippen molar-refractivity contribution in [2.75, 3.05) is 19.8 Å². The summed E-state index contributed by atoms with van der Waals surface area (Å²) in [5.74, 6) is 0.0784. The Balaban J connectivity index is 2.42. The van der Waals surface area contributed by atoms with E-state index in [2.05, 4.69) is 0 Å². The summed E-state index contributed by atoms with van der Waals surface area (Å²) >= 11 is 0. The average Bonchev–Trinajstić information content (AvgIpc) is 1.95. The Morgan fingerprint density at radius 1 is 1.50 bits per heavy atom. The molecule has 1 saturated heterocycles. The van der Waals surface area contributed by atoms with E-state index >= 15 is 0 Å². The number of rotatable bonds is 1. The Kier molecular flexibility index (Phi) is 2.65. The van der Waals surface area contributed by atoms with E-state index in [0.717, 1.165) is 0 Å². The molecule has 0 aromatic rings. The summed E-state index contributed by atoms with van der Waals surface area (Å²) in [6.07, 6.45) is -0.390. The van der Waals surface area contributed by atoms with Crippen molar-refractivity contribution in [1.82, 2.24) is 0 Å². The Bertz CT molecular complexity index is 105. The lowest BCUT2D eigenvalue weighted by atomic mass is 9.91. The van der Waals surface area contributed by atoms with Crippen LogP contribution in [-0.4, -0.2) is 36.1 Å². The number of aliphatic hydroxyl groups excluding tert-OH is 2. The van der Waals surface area contributed by atoms with Gasteiger partial charge in [0.2, 0.25) is 0 Å². The maximum absolute atomic E-state index is 9.40. The van der Waals surface area contributed by atoms with Crippen molar-refractivity contribution in [1.29, 1.82) is 0 Å². The zero-order valence-corrected chi connectivity index (χ0v) is 6.16. The lowest BCUT2D eigenvalue weighted by Gasteiger charge is -2.31. The molecule has 0 bridgehead atoms. The summed E-state index contributed by atoms with van der Waals surface area (Å²) in [5.41, 5.74) is 0. The summed E-state index contributed by atoms with van der Waals surface area (Å²) in [6.45, 7) is 3.04. The fourth-order valence-corrected chi connectivity index (χ4v) is 1.23. The summed E-state index contributed by atoms with van der Waals surface area (Å²) in [6, 6.07) is 0. The van der Waals surface area contributed by atoms with Gasteiger partial charge in [-0.15, -0.1) is 0 Å². The molecule has 3 unspecified atom stereocenters. The Morgan fingerprint density at radius 3 is 2.70 bits per heavy atom. The molecule has 0 aromatic heterocycles. The van der Waals surface area contributed by atoms with E-state index in [-0.39, 0.29) is 18.4 Å². The summed E-state index contributed by atoms with van der Waals surface area (Å²) in [7, 11) is 0. The second-order valence-corrected chi connectivity index (χ2v) is 2.95. The van der Waals surface area contributed by atoms with E-state index in [1.165, 1.54) is 0 Å². The first-order chi connectivity index (χ1) is 4.75. The maximum atomic E-state index is 9.40. The highest BCUT2D eigenvalue weighted by Crippen LogP contribution is 2.18. The molecule has 60 valence electrons. The third-order valence-corrected chi connectivity index (χ3v) is 2.01. The van der Waals surface area contributed by atoms with Crippen LogP contribution in [0.4, 0.5) is 0 Å². The monoisotopic (exact) mass is 146 g/mol. The second-order valence-electron chi connectivity index (χ2n) is 2.95. The van der Waals surface area contributed by atoms with Gasteiger partial charge in [0.05, 0.1) is 25.9 Å². The molecule has 1 aliphatic rings. The first-order valence-corrected chi connectivity index (χ1v) is 3.62. The van der Waals surface area contributed by atoms with Gasteiger partial charge in [-0.2, -0.15) is 0 Å². The van der Waals surface area contributed by atoms with Gasteiger partial charge in [0.25, 0.3) is 0 Å². The zero-order chi connectivity index (χ0) is 7.56.